The molecular weight excluding hydrogens is 400 g/mol. The zero-order chi connectivity index (χ0) is 22.7. The molecule has 0 unspecified atom stereocenters. The van der Waals surface area contributed by atoms with E-state index < -0.39 is 12.0 Å². The molecule has 0 spiro atoms. The Labute approximate surface area is 188 Å². The summed E-state index contributed by atoms with van der Waals surface area (Å²) in [5.74, 6) is -0.361. The molecule has 0 radical (unpaired) electrons. The summed E-state index contributed by atoms with van der Waals surface area (Å²) >= 11 is 0. The molecule has 1 atom stereocenters. The van der Waals surface area contributed by atoms with Gasteiger partial charge < -0.3 is 14.6 Å². The van der Waals surface area contributed by atoms with Crippen molar-refractivity contribution in [2.75, 3.05) is 7.11 Å². The maximum Gasteiger partial charge on any atom is 0.328 e. The van der Waals surface area contributed by atoms with Crippen LogP contribution < -0.4 is 5.32 Å². The third kappa shape index (κ3) is 4.52. The van der Waals surface area contributed by atoms with Gasteiger partial charge in [0.2, 0.25) is 5.91 Å². The Morgan fingerprint density at radius 3 is 2.53 bits per heavy atom. The topological polar surface area (TPSA) is 60.3 Å². The van der Waals surface area contributed by atoms with E-state index in [9.17, 15) is 9.59 Å². The molecule has 0 saturated heterocycles. The number of hydrogen-bond acceptors (Lipinski definition) is 3. The Kier molecular flexibility index (Phi) is 6.26. The van der Waals surface area contributed by atoms with Gasteiger partial charge in [0.15, 0.2) is 0 Å². The minimum atomic E-state index is -0.632. The van der Waals surface area contributed by atoms with E-state index in [1.54, 1.807) is 0 Å². The molecule has 0 saturated carbocycles. The predicted octanol–water partition coefficient (Wildman–Crippen LogP) is 5.17. The number of rotatable bonds is 7. The highest BCUT2D eigenvalue weighted by atomic mass is 16.5. The lowest BCUT2D eigenvalue weighted by molar-refractivity contribution is -0.145. The quantitative estimate of drug-likeness (QED) is 0.413. The van der Waals surface area contributed by atoms with Gasteiger partial charge in [-0.25, -0.2) is 4.79 Å². The molecule has 5 heteroatoms. The Hall–Kier alpha value is -3.60. The number of nitrogens with zero attached hydrogens (tertiary/aromatic N) is 1. The molecule has 4 rings (SSSR count). The smallest absolute Gasteiger partial charge is 0.328 e. The van der Waals surface area contributed by atoms with Crippen LogP contribution in [0.1, 0.15) is 20.3 Å². The van der Waals surface area contributed by atoms with Crippen molar-refractivity contribution in [1.29, 1.82) is 0 Å². The van der Waals surface area contributed by atoms with Crippen molar-refractivity contribution in [2.45, 2.75) is 32.9 Å². The number of aromatic nitrogens is 1. The Morgan fingerprint density at radius 1 is 0.969 bits per heavy atom. The van der Waals surface area contributed by atoms with E-state index in [1.165, 1.54) is 23.4 Å². The second-order valence-electron chi connectivity index (χ2n) is 8.52. The van der Waals surface area contributed by atoms with E-state index in [1.807, 2.05) is 42.8 Å². The normalized spacial score (nSPS) is 12.2. The zero-order valence-electron chi connectivity index (χ0n) is 18.7. The van der Waals surface area contributed by atoms with E-state index >= 15 is 0 Å². The maximum absolute atomic E-state index is 12.7. The fourth-order valence-corrected chi connectivity index (χ4v) is 4.21. The molecule has 0 bridgehead atoms. The molecule has 32 heavy (non-hydrogen) atoms. The average molecular weight is 429 g/mol. The van der Waals surface area contributed by atoms with Gasteiger partial charge in [0.05, 0.1) is 7.11 Å². The predicted molar refractivity (Wildman–Crippen MR) is 128 cm³/mol. The summed E-state index contributed by atoms with van der Waals surface area (Å²) < 4.78 is 6.75. The number of hydrogen-bond donors (Lipinski definition) is 1. The first-order valence-electron chi connectivity index (χ1n) is 10.9. The van der Waals surface area contributed by atoms with Crippen molar-refractivity contribution in [1.82, 2.24) is 9.88 Å². The second-order valence-corrected chi connectivity index (χ2v) is 8.52. The van der Waals surface area contributed by atoms with Gasteiger partial charge in [-0.05, 0) is 52.4 Å². The molecule has 1 amide bonds. The van der Waals surface area contributed by atoms with Gasteiger partial charge >= 0.3 is 5.97 Å². The minimum absolute atomic E-state index is 0.142. The van der Waals surface area contributed by atoms with Crippen LogP contribution in [0.2, 0.25) is 0 Å². The highest BCUT2D eigenvalue weighted by Crippen LogP contribution is 2.31. The lowest BCUT2D eigenvalue weighted by Crippen LogP contribution is -2.43. The summed E-state index contributed by atoms with van der Waals surface area (Å²) in [6.07, 6.45) is 2.45. The number of amides is 1. The molecule has 0 aliphatic heterocycles. The molecule has 1 heterocycles. The standard InChI is InChI=1S/C27H28N2O3/c1-18(2)15-24(27(31)32-3)28-26(30)17-29-14-13-21-16-20(11-12-25(21)29)23-10-6-8-19-7-4-5-9-22(19)23/h4-14,16,18,24H,15,17H2,1-3H3,(H,28,30)/t24-/m1/s1. The Balaban J connectivity index is 1.57. The first kappa shape index (κ1) is 21.6. The first-order valence-corrected chi connectivity index (χ1v) is 10.9. The van der Waals surface area contributed by atoms with Crippen LogP contribution in [0.3, 0.4) is 0 Å². The summed E-state index contributed by atoms with van der Waals surface area (Å²) in [5.41, 5.74) is 3.30. The number of methoxy groups -OCH3 is 1. The van der Waals surface area contributed by atoms with Crippen molar-refractivity contribution >= 4 is 33.6 Å². The van der Waals surface area contributed by atoms with Crippen LogP contribution >= 0.6 is 0 Å². The number of carbonyl (C=O) groups is 2. The summed E-state index contributed by atoms with van der Waals surface area (Å²) in [4.78, 5) is 24.7. The van der Waals surface area contributed by atoms with Crippen LogP contribution in [-0.4, -0.2) is 29.6 Å². The molecule has 0 aliphatic rings. The number of ether oxygens (including phenoxy) is 1. The van der Waals surface area contributed by atoms with Gasteiger partial charge in [0.25, 0.3) is 0 Å². The SMILES string of the molecule is COC(=O)[C@@H](CC(C)C)NC(=O)Cn1ccc2cc(-c3cccc4ccccc34)ccc21. The van der Waals surface area contributed by atoms with Crippen molar-refractivity contribution in [3.63, 3.8) is 0 Å². The monoisotopic (exact) mass is 428 g/mol. The molecule has 1 N–H and O–H groups in total. The van der Waals surface area contributed by atoms with E-state index in [0.717, 1.165) is 16.5 Å². The zero-order valence-corrected chi connectivity index (χ0v) is 18.7. The van der Waals surface area contributed by atoms with E-state index in [2.05, 4.69) is 53.8 Å². The van der Waals surface area contributed by atoms with Crippen molar-refractivity contribution in [2.24, 2.45) is 5.92 Å². The molecule has 1 aromatic heterocycles. The molecular formula is C27H28N2O3. The number of esters is 1. The van der Waals surface area contributed by atoms with Crippen LogP contribution in [-0.2, 0) is 20.9 Å². The molecule has 3 aromatic carbocycles. The van der Waals surface area contributed by atoms with Crippen LogP contribution in [0.4, 0.5) is 0 Å². The van der Waals surface area contributed by atoms with Crippen molar-refractivity contribution in [3.8, 4) is 11.1 Å². The highest BCUT2D eigenvalue weighted by Gasteiger charge is 2.22. The largest absolute Gasteiger partial charge is 0.467 e. The van der Waals surface area contributed by atoms with Crippen molar-refractivity contribution in [3.05, 3.63) is 72.9 Å². The third-order valence-corrected chi connectivity index (χ3v) is 5.71. The van der Waals surface area contributed by atoms with E-state index in [4.69, 9.17) is 4.74 Å². The summed E-state index contributed by atoms with van der Waals surface area (Å²) in [6, 6.07) is 22.4. The van der Waals surface area contributed by atoms with Crippen LogP contribution in [0.15, 0.2) is 72.9 Å². The van der Waals surface area contributed by atoms with Gasteiger partial charge in [0, 0.05) is 17.1 Å². The molecule has 0 fully saturated rings. The summed E-state index contributed by atoms with van der Waals surface area (Å²) in [6.45, 7) is 4.16. The summed E-state index contributed by atoms with van der Waals surface area (Å²) in [5, 5.41) is 6.31. The number of carbonyl (C=O) groups excluding carboxylic acids is 2. The fraction of sp³-hybridized carbons (Fsp3) is 0.259. The van der Waals surface area contributed by atoms with Gasteiger partial charge in [-0.1, -0.05) is 62.4 Å². The Morgan fingerprint density at radius 2 is 1.75 bits per heavy atom. The molecule has 4 aromatic rings. The number of benzene rings is 3. The highest BCUT2D eigenvalue weighted by molar-refractivity contribution is 5.98. The van der Waals surface area contributed by atoms with Crippen LogP contribution in [0, 0.1) is 5.92 Å². The molecule has 5 nitrogen and oxygen atoms in total. The second kappa shape index (κ2) is 9.27. The first-order chi connectivity index (χ1) is 15.5. The molecule has 164 valence electrons. The third-order valence-electron chi connectivity index (χ3n) is 5.71. The van der Waals surface area contributed by atoms with E-state index in [-0.39, 0.29) is 18.4 Å². The van der Waals surface area contributed by atoms with Gasteiger partial charge in [-0.3, -0.25) is 4.79 Å². The lowest BCUT2D eigenvalue weighted by Gasteiger charge is -2.18. The average Bonchev–Trinajstić information content (AvgIpc) is 3.19. The van der Waals surface area contributed by atoms with Gasteiger partial charge in [-0.2, -0.15) is 0 Å². The van der Waals surface area contributed by atoms with Gasteiger partial charge in [0.1, 0.15) is 12.6 Å². The number of nitrogens with one attached hydrogen (secondary N) is 1. The Bertz CT molecular complexity index is 1270. The molecule has 0 aliphatic carbocycles. The fourth-order valence-electron chi connectivity index (χ4n) is 4.21. The lowest BCUT2D eigenvalue weighted by atomic mass is 9.97. The van der Waals surface area contributed by atoms with Gasteiger partial charge in [-0.15, -0.1) is 0 Å². The summed E-state index contributed by atoms with van der Waals surface area (Å²) in [7, 11) is 1.34. The van der Waals surface area contributed by atoms with Crippen LogP contribution in [0.25, 0.3) is 32.8 Å². The maximum atomic E-state index is 12.7. The van der Waals surface area contributed by atoms with E-state index in [0.29, 0.717) is 6.42 Å². The number of fused-ring (bicyclic) bond motifs is 2. The van der Waals surface area contributed by atoms with Crippen molar-refractivity contribution < 1.29 is 14.3 Å². The van der Waals surface area contributed by atoms with Crippen LogP contribution in [0.5, 0.6) is 0 Å². The minimum Gasteiger partial charge on any atom is -0.467 e.